The summed E-state index contributed by atoms with van der Waals surface area (Å²) in [6, 6.07) is 7.28. The summed E-state index contributed by atoms with van der Waals surface area (Å²) in [6.07, 6.45) is 2.34. The summed E-state index contributed by atoms with van der Waals surface area (Å²) in [5.41, 5.74) is 9.16. The van der Waals surface area contributed by atoms with Gasteiger partial charge in [-0.15, -0.1) is 11.3 Å². The molecule has 1 saturated carbocycles. The van der Waals surface area contributed by atoms with Crippen LogP contribution in [0.4, 0.5) is 0 Å². The molecule has 1 atom stereocenters. The molecule has 1 unspecified atom stereocenters. The van der Waals surface area contributed by atoms with E-state index in [1.165, 1.54) is 24.2 Å². The maximum Gasteiger partial charge on any atom is 0.255 e. The monoisotopic (exact) mass is 317 g/mol. The van der Waals surface area contributed by atoms with Crippen LogP contribution in [0.1, 0.15) is 28.9 Å². The Morgan fingerprint density at radius 3 is 3.00 bits per heavy atom. The first-order chi connectivity index (χ1) is 10.7. The van der Waals surface area contributed by atoms with Gasteiger partial charge in [-0.2, -0.15) is 0 Å². The van der Waals surface area contributed by atoms with Crippen LogP contribution >= 0.6 is 11.3 Å². The first kappa shape index (κ1) is 15.0. The van der Waals surface area contributed by atoms with Gasteiger partial charge in [-0.1, -0.05) is 12.1 Å². The third-order valence-electron chi connectivity index (χ3n) is 3.72. The summed E-state index contributed by atoms with van der Waals surface area (Å²) in [4.78, 5) is 16.5. The molecule has 1 aromatic carbocycles. The average Bonchev–Trinajstić information content (AvgIpc) is 3.27. The predicted molar refractivity (Wildman–Crippen MR) is 85.9 cm³/mol. The Labute approximate surface area is 133 Å². The Morgan fingerprint density at radius 1 is 1.45 bits per heavy atom. The van der Waals surface area contributed by atoms with Crippen molar-refractivity contribution in [3.8, 4) is 5.75 Å². The summed E-state index contributed by atoms with van der Waals surface area (Å²) >= 11 is 1.52. The second kappa shape index (κ2) is 6.89. The third kappa shape index (κ3) is 3.84. The fraction of sp³-hybridized carbons (Fsp3) is 0.375. The number of carbonyl (C=O) groups excluding carboxylic acids is 1. The van der Waals surface area contributed by atoms with Crippen molar-refractivity contribution in [3.63, 3.8) is 0 Å². The van der Waals surface area contributed by atoms with E-state index in [1.54, 1.807) is 17.6 Å². The number of nitrogens with zero attached hydrogens (tertiary/aromatic N) is 1. The largest absolute Gasteiger partial charge is 0.486 e. The lowest BCUT2D eigenvalue weighted by atomic mass is 10.1. The molecule has 116 valence electrons. The van der Waals surface area contributed by atoms with Crippen molar-refractivity contribution >= 4 is 17.2 Å². The highest BCUT2D eigenvalue weighted by molar-refractivity contribution is 7.07. The van der Waals surface area contributed by atoms with Crippen LogP contribution in [0.3, 0.4) is 0 Å². The van der Waals surface area contributed by atoms with Gasteiger partial charge in [-0.3, -0.25) is 4.79 Å². The molecule has 0 saturated heterocycles. The normalized spacial score (nSPS) is 15.3. The molecule has 3 N–H and O–H groups in total. The number of carbonyl (C=O) groups is 1. The van der Waals surface area contributed by atoms with Crippen molar-refractivity contribution in [1.29, 1.82) is 0 Å². The molecule has 3 rings (SSSR count). The van der Waals surface area contributed by atoms with E-state index in [4.69, 9.17) is 10.5 Å². The highest BCUT2D eigenvalue weighted by Gasteiger charge is 2.28. The van der Waals surface area contributed by atoms with E-state index in [2.05, 4.69) is 10.3 Å². The maximum absolute atomic E-state index is 12.3. The van der Waals surface area contributed by atoms with Crippen LogP contribution in [0.2, 0.25) is 0 Å². The van der Waals surface area contributed by atoms with E-state index in [1.807, 2.05) is 17.5 Å². The van der Waals surface area contributed by atoms with Crippen LogP contribution < -0.4 is 15.8 Å². The SMILES string of the molecule is NC(CNC(=O)c1ccccc1OCc1cscn1)C1CC1. The fourth-order valence-electron chi connectivity index (χ4n) is 2.24. The molecule has 1 heterocycles. The van der Waals surface area contributed by atoms with Gasteiger partial charge in [-0.25, -0.2) is 4.98 Å². The van der Waals surface area contributed by atoms with E-state index >= 15 is 0 Å². The van der Waals surface area contributed by atoms with Crippen LogP contribution in [0.15, 0.2) is 35.2 Å². The highest BCUT2D eigenvalue weighted by atomic mass is 32.1. The van der Waals surface area contributed by atoms with Gasteiger partial charge in [0.25, 0.3) is 5.91 Å². The lowest BCUT2D eigenvalue weighted by Crippen LogP contribution is -2.38. The zero-order valence-corrected chi connectivity index (χ0v) is 13.0. The first-order valence-corrected chi connectivity index (χ1v) is 8.31. The van der Waals surface area contributed by atoms with Gasteiger partial charge in [0.2, 0.25) is 0 Å². The van der Waals surface area contributed by atoms with E-state index in [0.29, 0.717) is 30.4 Å². The molecule has 0 radical (unpaired) electrons. The lowest BCUT2D eigenvalue weighted by molar-refractivity contribution is 0.0945. The number of thiazole rings is 1. The van der Waals surface area contributed by atoms with Crippen LogP contribution in [0.5, 0.6) is 5.75 Å². The van der Waals surface area contributed by atoms with Crippen LogP contribution in [-0.2, 0) is 6.61 Å². The molecule has 1 fully saturated rings. The maximum atomic E-state index is 12.3. The molecule has 0 spiro atoms. The quantitative estimate of drug-likeness (QED) is 0.820. The van der Waals surface area contributed by atoms with E-state index in [0.717, 1.165) is 5.69 Å². The molecule has 1 aromatic heterocycles. The number of para-hydroxylation sites is 1. The average molecular weight is 317 g/mol. The van der Waals surface area contributed by atoms with Crippen molar-refractivity contribution in [1.82, 2.24) is 10.3 Å². The highest BCUT2D eigenvalue weighted by Crippen LogP contribution is 2.31. The van der Waals surface area contributed by atoms with Crippen molar-refractivity contribution in [2.45, 2.75) is 25.5 Å². The lowest BCUT2D eigenvalue weighted by Gasteiger charge is -2.14. The molecule has 1 aliphatic carbocycles. The Balaban J connectivity index is 1.60. The predicted octanol–water partition coefficient (Wildman–Crippen LogP) is 2.19. The molecular weight excluding hydrogens is 298 g/mol. The van der Waals surface area contributed by atoms with Gasteiger partial charge in [0, 0.05) is 18.0 Å². The number of ether oxygens (including phenoxy) is 1. The number of hydrogen-bond donors (Lipinski definition) is 2. The number of aromatic nitrogens is 1. The molecule has 1 aliphatic rings. The van der Waals surface area contributed by atoms with Crippen LogP contribution in [-0.4, -0.2) is 23.5 Å². The van der Waals surface area contributed by atoms with E-state index < -0.39 is 0 Å². The zero-order valence-electron chi connectivity index (χ0n) is 12.2. The van der Waals surface area contributed by atoms with Gasteiger partial charge < -0.3 is 15.8 Å². The smallest absolute Gasteiger partial charge is 0.255 e. The Hall–Kier alpha value is -1.92. The Bertz CT molecular complexity index is 626. The summed E-state index contributed by atoms with van der Waals surface area (Å²) in [6.45, 7) is 0.860. The molecule has 22 heavy (non-hydrogen) atoms. The summed E-state index contributed by atoms with van der Waals surface area (Å²) < 4.78 is 5.72. The van der Waals surface area contributed by atoms with Gasteiger partial charge in [-0.05, 0) is 30.9 Å². The molecule has 1 amide bonds. The van der Waals surface area contributed by atoms with Crippen LogP contribution in [0.25, 0.3) is 0 Å². The number of amides is 1. The number of rotatable bonds is 7. The second-order valence-electron chi connectivity index (χ2n) is 5.48. The van der Waals surface area contributed by atoms with Gasteiger partial charge in [0.05, 0.1) is 16.8 Å². The fourth-order valence-corrected chi connectivity index (χ4v) is 2.78. The minimum Gasteiger partial charge on any atom is -0.486 e. The van der Waals surface area contributed by atoms with E-state index in [-0.39, 0.29) is 11.9 Å². The molecular formula is C16H19N3O2S. The van der Waals surface area contributed by atoms with Gasteiger partial charge in [0.15, 0.2) is 0 Å². The minimum atomic E-state index is -0.148. The number of benzene rings is 1. The van der Waals surface area contributed by atoms with Crippen molar-refractivity contribution < 1.29 is 9.53 Å². The first-order valence-electron chi connectivity index (χ1n) is 7.36. The van der Waals surface area contributed by atoms with Crippen molar-refractivity contribution in [3.05, 3.63) is 46.4 Å². The Morgan fingerprint density at radius 2 is 2.27 bits per heavy atom. The van der Waals surface area contributed by atoms with E-state index in [9.17, 15) is 4.79 Å². The molecule has 5 nitrogen and oxygen atoms in total. The standard InChI is InChI=1S/C16H19N3O2S/c17-14(11-5-6-11)7-18-16(20)13-3-1-2-4-15(13)21-8-12-9-22-10-19-12/h1-4,9-11,14H,5-8,17H2,(H,18,20). The third-order valence-corrected chi connectivity index (χ3v) is 4.35. The van der Waals surface area contributed by atoms with Crippen molar-refractivity contribution in [2.75, 3.05) is 6.54 Å². The number of nitrogens with two attached hydrogens (primary N) is 1. The van der Waals surface area contributed by atoms with Gasteiger partial charge in [0.1, 0.15) is 12.4 Å². The van der Waals surface area contributed by atoms with Crippen LogP contribution in [0, 0.1) is 5.92 Å². The minimum absolute atomic E-state index is 0.0482. The molecule has 6 heteroatoms. The Kier molecular flexibility index (Phi) is 4.70. The van der Waals surface area contributed by atoms with Gasteiger partial charge >= 0.3 is 0 Å². The molecule has 0 aliphatic heterocycles. The number of hydrogen-bond acceptors (Lipinski definition) is 5. The zero-order chi connectivity index (χ0) is 15.4. The number of nitrogens with one attached hydrogen (secondary N) is 1. The topological polar surface area (TPSA) is 77.2 Å². The molecule has 0 bridgehead atoms. The second-order valence-corrected chi connectivity index (χ2v) is 6.19. The summed E-state index contributed by atoms with van der Waals surface area (Å²) in [5, 5.41) is 4.82. The summed E-state index contributed by atoms with van der Waals surface area (Å²) in [5.74, 6) is 0.981. The van der Waals surface area contributed by atoms with Crippen molar-refractivity contribution in [2.24, 2.45) is 11.7 Å². The molecule has 2 aromatic rings. The summed E-state index contributed by atoms with van der Waals surface area (Å²) in [7, 11) is 0.